The first-order valence-corrected chi connectivity index (χ1v) is 11.7. The summed E-state index contributed by atoms with van der Waals surface area (Å²) in [4.78, 5) is 25.0. The Kier molecular flexibility index (Phi) is 3.98. The Morgan fingerprint density at radius 2 is 1.76 bits per heavy atom. The van der Waals surface area contributed by atoms with Crippen molar-refractivity contribution in [3.8, 4) is 0 Å². The Labute approximate surface area is 174 Å². The van der Waals surface area contributed by atoms with Gasteiger partial charge in [0.25, 0.3) is 0 Å². The molecule has 5 aliphatic rings. The van der Waals surface area contributed by atoms with Gasteiger partial charge in [-0.2, -0.15) is 0 Å². The van der Waals surface area contributed by atoms with Gasteiger partial charge in [-0.15, -0.1) is 0 Å². The molecule has 4 fully saturated rings. The van der Waals surface area contributed by atoms with E-state index in [1.54, 1.807) is 0 Å². The first kappa shape index (κ1) is 19.6. The van der Waals surface area contributed by atoms with Crippen LogP contribution in [-0.4, -0.2) is 22.2 Å². The van der Waals surface area contributed by atoms with Crippen LogP contribution in [0.3, 0.4) is 0 Å². The number of carboxylic acid groups (broad SMARTS) is 2. The fourth-order valence-corrected chi connectivity index (χ4v) is 9.01. The SMILES string of the molecule is CC(C)C1CCC2(C)CCC3(C(=O)O)CC4=C(C(=O)O)CCC4C4(C)CC4C3C12. The lowest BCUT2D eigenvalue weighted by Crippen LogP contribution is -2.53. The minimum atomic E-state index is -0.816. The molecule has 5 aliphatic carbocycles. The number of hydrogen-bond donors (Lipinski definition) is 2. The third-order valence-corrected chi connectivity index (χ3v) is 10.6. The fourth-order valence-electron chi connectivity index (χ4n) is 9.01. The summed E-state index contributed by atoms with van der Waals surface area (Å²) in [7, 11) is 0. The van der Waals surface area contributed by atoms with Crippen molar-refractivity contribution in [2.24, 2.45) is 51.8 Å². The van der Waals surface area contributed by atoms with E-state index in [9.17, 15) is 19.8 Å². The van der Waals surface area contributed by atoms with Gasteiger partial charge in [0.1, 0.15) is 0 Å². The minimum Gasteiger partial charge on any atom is -0.481 e. The summed E-state index contributed by atoms with van der Waals surface area (Å²) in [6.45, 7) is 9.40. The van der Waals surface area contributed by atoms with Gasteiger partial charge in [-0.05, 0) is 97.7 Å². The van der Waals surface area contributed by atoms with E-state index in [2.05, 4.69) is 27.7 Å². The van der Waals surface area contributed by atoms with Gasteiger partial charge in [0.2, 0.25) is 0 Å². The van der Waals surface area contributed by atoms with E-state index < -0.39 is 17.4 Å². The number of allylic oxidation sites excluding steroid dienone is 1. The molecule has 0 aromatic carbocycles. The molecule has 0 aromatic heterocycles. The predicted molar refractivity (Wildman–Crippen MR) is 110 cm³/mol. The molecular formula is C25H36O4. The van der Waals surface area contributed by atoms with Crippen molar-refractivity contribution in [1.29, 1.82) is 0 Å². The molecule has 4 saturated carbocycles. The average molecular weight is 401 g/mol. The van der Waals surface area contributed by atoms with Crippen LogP contribution < -0.4 is 0 Å². The predicted octanol–water partition coefficient (Wildman–Crippen LogP) is 5.38. The molecule has 8 unspecified atom stereocenters. The van der Waals surface area contributed by atoms with E-state index in [4.69, 9.17) is 0 Å². The summed E-state index contributed by atoms with van der Waals surface area (Å²) >= 11 is 0. The highest BCUT2D eigenvalue weighted by molar-refractivity contribution is 5.89. The molecular weight excluding hydrogens is 364 g/mol. The molecule has 2 N–H and O–H groups in total. The molecule has 0 heterocycles. The lowest BCUT2D eigenvalue weighted by atomic mass is 9.49. The maximum absolute atomic E-state index is 13.0. The van der Waals surface area contributed by atoms with Crippen LogP contribution in [-0.2, 0) is 9.59 Å². The molecule has 29 heavy (non-hydrogen) atoms. The highest BCUT2D eigenvalue weighted by atomic mass is 16.4. The zero-order chi connectivity index (χ0) is 20.9. The van der Waals surface area contributed by atoms with Gasteiger partial charge in [0, 0.05) is 5.57 Å². The van der Waals surface area contributed by atoms with E-state index in [1.807, 2.05) is 0 Å². The van der Waals surface area contributed by atoms with Crippen LogP contribution in [0.4, 0.5) is 0 Å². The van der Waals surface area contributed by atoms with Gasteiger partial charge in [0.15, 0.2) is 0 Å². The number of hydrogen-bond acceptors (Lipinski definition) is 2. The molecule has 0 radical (unpaired) electrons. The second-order valence-corrected chi connectivity index (χ2v) is 12.0. The van der Waals surface area contributed by atoms with Gasteiger partial charge in [-0.3, -0.25) is 4.79 Å². The number of carbonyl (C=O) groups is 2. The maximum atomic E-state index is 13.0. The van der Waals surface area contributed by atoms with Crippen molar-refractivity contribution < 1.29 is 19.8 Å². The van der Waals surface area contributed by atoms with E-state index in [0.717, 1.165) is 31.3 Å². The summed E-state index contributed by atoms with van der Waals surface area (Å²) in [6, 6.07) is 0. The molecule has 0 bridgehead atoms. The summed E-state index contributed by atoms with van der Waals surface area (Å²) in [6.07, 6.45) is 7.25. The van der Waals surface area contributed by atoms with Crippen molar-refractivity contribution in [1.82, 2.24) is 0 Å². The van der Waals surface area contributed by atoms with Crippen molar-refractivity contribution >= 4 is 11.9 Å². The molecule has 0 saturated heterocycles. The van der Waals surface area contributed by atoms with Gasteiger partial charge < -0.3 is 10.2 Å². The second kappa shape index (κ2) is 5.88. The largest absolute Gasteiger partial charge is 0.481 e. The number of carboxylic acids is 2. The Morgan fingerprint density at radius 1 is 1.03 bits per heavy atom. The minimum absolute atomic E-state index is 0.108. The van der Waals surface area contributed by atoms with Gasteiger partial charge in [-0.1, -0.05) is 33.3 Å². The van der Waals surface area contributed by atoms with Crippen molar-refractivity contribution in [3.05, 3.63) is 11.1 Å². The molecule has 5 rings (SSSR count). The standard InChI is InChI=1S/C25H36O4/c1-13(2)14-7-8-23(3)9-10-25(22(28)29)11-16-15(21(26)27)5-6-17(16)24(4)12-18(24)20(25)19(14)23/h13-14,17-20H,5-12H2,1-4H3,(H,26,27)(H,28,29). The van der Waals surface area contributed by atoms with Gasteiger partial charge >= 0.3 is 11.9 Å². The van der Waals surface area contributed by atoms with Crippen LogP contribution in [0.2, 0.25) is 0 Å². The van der Waals surface area contributed by atoms with Crippen LogP contribution in [0, 0.1) is 51.8 Å². The first-order chi connectivity index (χ1) is 13.5. The zero-order valence-electron chi connectivity index (χ0n) is 18.3. The maximum Gasteiger partial charge on any atom is 0.331 e. The van der Waals surface area contributed by atoms with E-state index in [-0.39, 0.29) is 22.7 Å². The topological polar surface area (TPSA) is 74.6 Å². The van der Waals surface area contributed by atoms with Crippen LogP contribution >= 0.6 is 0 Å². The van der Waals surface area contributed by atoms with Crippen LogP contribution in [0.5, 0.6) is 0 Å². The van der Waals surface area contributed by atoms with Gasteiger partial charge in [0.05, 0.1) is 5.41 Å². The highest BCUT2D eigenvalue weighted by Gasteiger charge is 2.73. The van der Waals surface area contributed by atoms with E-state index in [1.165, 1.54) is 12.8 Å². The molecule has 4 nitrogen and oxygen atoms in total. The molecule has 160 valence electrons. The fraction of sp³-hybridized carbons (Fsp3) is 0.840. The molecule has 0 spiro atoms. The van der Waals surface area contributed by atoms with Crippen LogP contribution in [0.1, 0.15) is 79.1 Å². The van der Waals surface area contributed by atoms with Crippen molar-refractivity contribution in [2.45, 2.75) is 79.1 Å². The smallest absolute Gasteiger partial charge is 0.331 e. The molecule has 8 atom stereocenters. The summed E-state index contributed by atoms with van der Waals surface area (Å²) in [5, 5.41) is 20.5. The summed E-state index contributed by atoms with van der Waals surface area (Å²) < 4.78 is 0. The second-order valence-electron chi connectivity index (χ2n) is 12.0. The Bertz CT molecular complexity index is 812. The Balaban J connectivity index is 1.69. The monoisotopic (exact) mass is 400 g/mol. The summed E-state index contributed by atoms with van der Waals surface area (Å²) in [5.74, 6) is 1.09. The van der Waals surface area contributed by atoms with Gasteiger partial charge in [-0.25, -0.2) is 4.79 Å². The molecule has 0 aromatic rings. The van der Waals surface area contributed by atoms with Crippen molar-refractivity contribution in [3.63, 3.8) is 0 Å². The lowest BCUT2D eigenvalue weighted by Gasteiger charge is -2.54. The number of aliphatic carboxylic acids is 2. The average Bonchev–Trinajstić information content (AvgIpc) is 2.99. The van der Waals surface area contributed by atoms with Crippen molar-refractivity contribution in [2.75, 3.05) is 0 Å². The van der Waals surface area contributed by atoms with E-state index >= 15 is 0 Å². The van der Waals surface area contributed by atoms with Crippen LogP contribution in [0.25, 0.3) is 0 Å². The first-order valence-electron chi connectivity index (χ1n) is 11.7. The molecule has 4 heteroatoms. The number of fused-ring (bicyclic) bond motifs is 7. The third-order valence-electron chi connectivity index (χ3n) is 10.6. The van der Waals surface area contributed by atoms with Crippen LogP contribution in [0.15, 0.2) is 11.1 Å². The highest BCUT2D eigenvalue weighted by Crippen LogP contribution is 2.78. The van der Waals surface area contributed by atoms with E-state index in [0.29, 0.717) is 42.1 Å². The Hall–Kier alpha value is -1.32. The quantitative estimate of drug-likeness (QED) is 0.667. The molecule has 0 aliphatic heterocycles. The summed E-state index contributed by atoms with van der Waals surface area (Å²) in [5.41, 5.74) is 1.15. The third kappa shape index (κ3) is 2.38. The number of rotatable bonds is 3. The normalized spacial score (nSPS) is 50.4. The lowest BCUT2D eigenvalue weighted by molar-refractivity contribution is -0.165. The Morgan fingerprint density at radius 3 is 2.38 bits per heavy atom. The zero-order valence-corrected chi connectivity index (χ0v) is 18.3. The molecule has 0 amide bonds.